The van der Waals surface area contributed by atoms with Crippen LogP contribution in [0.15, 0.2) is 36.5 Å². The SMILES string of the molecule is O=C(NCc1nc2ccccc2s1)c1cc(F)cnc1Cl. The number of hydrogen-bond acceptors (Lipinski definition) is 4. The number of para-hydroxylation sites is 1. The van der Waals surface area contributed by atoms with Gasteiger partial charge in [0.15, 0.2) is 0 Å². The Morgan fingerprint density at radius 1 is 1.38 bits per heavy atom. The van der Waals surface area contributed by atoms with Crippen LogP contribution in [0, 0.1) is 5.82 Å². The van der Waals surface area contributed by atoms with E-state index < -0.39 is 11.7 Å². The van der Waals surface area contributed by atoms with Crippen molar-refractivity contribution in [1.29, 1.82) is 0 Å². The van der Waals surface area contributed by atoms with Crippen LogP contribution in [0.5, 0.6) is 0 Å². The summed E-state index contributed by atoms with van der Waals surface area (Å²) >= 11 is 7.28. The van der Waals surface area contributed by atoms with E-state index in [0.29, 0.717) is 0 Å². The van der Waals surface area contributed by atoms with E-state index in [2.05, 4.69) is 15.3 Å². The van der Waals surface area contributed by atoms with E-state index >= 15 is 0 Å². The number of carbonyl (C=O) groups excluding carboxylic acids is 1. The monoisotopic (exact) mass is 321 g/mol. The first-order valence-corrected chi connectivity index (χ1v) is 7.26. The molecule has 0 aliphatic rings. The number of benzene rings is 1. The molecule has 3 aromatic rings. The van der Waals surface area contributed by atoms with Gasteiger partial charge in [-0.1, -0.05) is 23.7 Å². The highest BCUT2D eigenvalue weighted by Gasteiger charge is 2.13. The van der Waals surface area contributed by atoms with E-state index in [1.54, 1.807) is 0 Å². The maximum absolute atomic E-state index is 13.1. The van der Waals surface area contributed by atoms with Crippen molar-refractivity contribution in [2.24, 2.45) is 0 Å². The number of rotatable bonds is 3. The van der Waals surface area contributed by atoms with E-state index in [0.717, 1.165) is 27.5 Å². The molecule has 0 unspecified atom stereocenters. The molecular formula is C14H9ClFN3OS. The molecule has 0 fully saturated rings. The number of amides is 1. The van der Waals surface area contributed by atoms with Gasteiger partial charge in [-0.15, -0.1) is 11.3 Å². The van der Waals surface area contributed by atoms with Crippen LogP contribution in [0.3, 0.4) is 0 Å². The van der Waals surface area contributed by atoms with Crippen molar-refractivity contribution in [3.63, 3.8) is 0 Å². The normalized spacial score (nSPS) is 10.8. The Morgan fingerprint density at radius 2 is 2.19 bits per heavy atom. The number of hydrogen-bond donors (Lipinski definition) is 1. The average molecular weight is 322 g/mol. The summed E-state index contributed by atoms with van der Waals surface area (Å²) in [5, 5.41) is 3.40. The molecule has 0 atom stereocenters. The smallest absolute Gasteiger partial charge is 0.254 e. The Bertz CT molecular complexity index is 788. The summed E-state index contributed by atoms with van der Waals surface area (Å²) < 4.78 is 14.1. The van der Waals surface area contributed by atoms with Crippen LogP contribution >= 0.6 is 22.9 Å². The molecule has 0 aliphatic carbocycles. The summed E-state index contributed by atoms with van der Waals surface area (Å²) in [5.74, 6) is -1.09. The van der Waals surface area contributed by atoms with E-state index in [-0.39, 0.29) is 17.3 Å². The third-order valence-electron chi connectivity index (χ3n) is 2.79. The molecule has 2 heterocycles. The summed E-state index contributed by atoms with van der Waals surface area (Å²) in [6.07, 6.45) is 0.965. The van der Waals surface area contributed by atoms with Gasteiger partial charge >= 0.3 is 0 Å². The standard InChI is InChI=1S/C14H9ClFN3OS/c15-13-9(5-8(16)6-17-13)14(20)18-7-12-19-10-3-1-2-4-11(10)21-12/h1-6H,7H2,(H,18,20). The van der Waals surface area contributed by atoms with Gasteiger partial charge in [-0.25, -0.2) is 14.4 Å². The molecular weight excluding hydrogens is 313 g/mol. The Kier molecular flexibility index (Phi) is 3.81. The highest BCUT2D eigenvalue weighted by atomic mass is 35.5. The fourth-order valence-corrected chi connectivity index (χ4v) is 2.92. The van der Waals surface area contributed by atoms with Crippen molar-refractivity contribution in [3.05, 3.63) is 58.1 Å². The zero-order valence-corrected chi connectivity index (χ0v) is 12.2. The zero-order valence-electron chi connectivity index (χ0n) is 10.6. The highest BCUT2D eigenvalue weighted by Crippen LogP contribution is 2.21. The summed E-state index contributed by atoms with van der Waals surface area (Å²) in [5.41, 5.74) is 0.898. The van der Waals surface area contributed by atoms with Crippen molar-refractivity contribution < 1.29 is 9.18 Å². The number of nitrogens with one attached hydrogen (secondary N) is 1. The first-order valence-electron chi connectivity index (χ1n) is 6.07. The second-order valence-electron chi connectivity index (χ2n) is 4.25. The lowest BCUT2D eigenvalue weighted by Crippen LogP contribution is -2.23. The molecule has 0 aliphatic heterocycles. The molecule has 21 heavy (non-hydrogen) atoms. The number of nitrogens with zero attached hydrogens (tertiary/aromatic N) is 2. The van der Waals surface area contributed by atoms with E-state index in [9.17, 15) is 9.18 Å². The first-order chi connectivity index (χ1) is 10.1. The molecule has 2 aromatic heterocycles. The Hall–Kier alpha value is -2.05. The number of pyridine rings is 1. The Balaban J connectivity index is 1.74. The number of halogens is 2. The third-order valence-corrected chi connectivity index (χ3v) is 4.13. The molecule has 0 spiro atoms. The zero-order chi connectivity index (χ0) is 14.8. The quantitative estimate of drug-likeness (QED) is 0.752. The molecule has 1 amide bonds. The lowest BCUT2D eigenvalue weighted by Gasteiger charge is -2.04. The summed E-state index contributed by atoms with van der Waals surface area (Å²) in [6, 6.07) is 8.77. The average Bonchev–Trinajstić information content (AvgIpc) is 2.90. The van der Waals surface area contributed by atoms with E-state index in [1.165, 1.54) is 11.3 Å². The van der Waals surface area contributed by atoms with Crippen LogP contribution in [0.2, 0.25) is 5.15 Å². The molecule has 4 nitrogen and oxygen atoms in total. The fourth-order valence-electron chi connectivity index (χ4n) is 1.83. The van der Waals surface area contributed by atoms with Gasteiger partial charge in [-0.2, -0.15) is 0 Å². The minimum absolute atomic E-state index is 0.0118. The van der Waals surface area contributed by atoms with Gasteiger partial charge < -0.3 is 5.32 Å². The first kappa shape index (κ1) is 13.9. The second-order valence-corrected chi connectivity index (χ2v) is 5.72. The summed E-state index contributed by atoms with van der Waals surface area (Å²) in [6.45, 7) is 0.255. The van der Waals surface area contributed by atoms with Crippen LogP contribution in [0.1, 0.15) is 15.4 Å². The van der Waals surface area contributed by atoms with Gasteiger partial charge in [0.25, 0.3) is 5.91 Å². The molecule has 1 aromatic carbocycles. The number of aromatic nitrogens is 2. The van der Waals surface area contributed by atoms with Crippen molar-refractivity contribution >= 4 is 39.1 Å². The minimum atomic E-state index is -0.607. The molecule has 3 rings (SSSR count). The topological polar surface area (TPSA) is 54.9 Å². The molecule has 0 saturated heterocycles. The minimum Gasteiger partial charge on any atom is -0.345 e. The van der Waals surface area contributed by atoms with Crippen LogP contribution in [0.4, 0.5) is 4.39 Å². The number of thiazole rings is 1. The highest BCUT2D eigenvalue weighted by molar-refractivity contribution is 7.18. The number of carbonyl (C=O) groups is 1. The predicted octanol–water partition coefficient (Wildman–Crippen LogP) is 3.41. The van der Waals surface area contributed by atoms with Gasteiger partial charge in [0.1, 0.15) is 16.0 Å². The predicted molar refractivity (Wildman–Crippen MR) is 80.0 cm³/mol. The van der Waals surface area contributed by atoms with Crippen molar-refractivity contribution in [2.75, 3.05) is 0 Å². The molecule has 7 heteroatoms. The van der Waals surface area contributed by atoms with Crippen LogP contribution < -0.4 is 5.32 Å². The van der Waals surface area contributed by atoms with Crippen LogP contribution in [-0.4, -0.2) is 15.9 Å². The molecule has 1 N–H and O–H groups in total. The third kappa shape index (κ3) is 3.01. The van der Waals surface area contributed by atoms with Gasteiger partial charge in [0, 0.05) is 0 Å². The fraction of sp³-hybridized carbons (Fsp3) is 0.0714. The van der Waals surface area contributed by atoms with Gasteiger partial charge in [-0.05, 0) is 18.2 Å². The largest absolute Gasteiger partial charge is 0.345 e. The van der Waals surface area contributed by atoms with Crippen molar-refractivity contribution in [2.45, 2.75) is 6.54 Å². The van der Waals surface area contributed by atoms with E-state index in [4.69, 9.17) is 11.6 Å². The second kappa shape index (κ2) is 5.75. The van der Waals surface area contributed by atoms with Gasteiger partial charge in [0.05, 0.1) is 28.5 Å². The maximum Gasteiger partial charge on any atom is 0.254 e. The number of fused-ring (bicyclic) bond motifs is 1. The maximum atomic E-state index is 13.1. The molecule has 0 bridgehead atoms. The van der Waals surface area contributed by atoms with E-state index in [1.807, 2.05) is 24.3 Å². The van der Waals surface area contributed by atoms with Gasteiger partial charge in [0.2, 0.25) is 0 Å². The Labute approximate surface area is 128 Å². The van der Waals surface area contributed by atoms with Crippen molar-refractivity contribution in [1.82, 2.24) is 15.3 Å². The summed E-state index contributed by atoms with van der Waals surface area (Å²) in [4.78, 5) is 20.0. The van der Waals surface area contributed by atoms with Crippen LogP contribution in [-0.2, 0) is 6.54 Å². The molecule has 0 saturated carbocycles. The van der Waals surface area contributed by atoms with Crippen LogP contribution in [0.25, 0.3) is 10.2 Å². The van der Waals surface area contributed by atoms with Gasteiger partial charge in [-0.3, -0.25) is 4.79 Å². The molecule has 0 radical (unpaired) electrons. The lowest BCUT2D eigenvalue weighted by molar-refractivity contribution is 0.0950. The summed E-state index contributed by atoms with van der Waals surface area (Å²) in [7, 11) is 0. The lowest BCUT2D eigenvalue weighted by atomic mass is 10.2. The Morgan fingerprint density at radius 3 is 3.00 bits per heavy atom. The van der Waals surface area contributed by atoms with Crippen molar-refractivity contribution in [3.8, 4) is 0 Å². The molecule has 106 valence electrons.